The van der Waals surface area contributed by atoms with E-state index in [4.69, 9.17) is 10.3 Å². The number of nitrogens with two attached hydrogens (primary N) is 1. The van der Waals surface area contributed by atoms with Crippen LogP contribution >= 0.6 is 23.7 Å². The Morgan fingerprint density at radius 3 is 2.76 bits per heavy atom. The summed E-state index contributed by atoms with van der Waals surface area (Å²) in [7, 11) is 0. The molecule has 2 aromatic heterocycles. The van der Waals surface area contributed by atoms with Crippen LogP contribution in [0.1, 0.15) is 30.1 Å². The zero-order chi connectivity index (χ0) is 11.2. The summed E-state index contributed by atoms with van der Waals surface area (Å²) in [5.41, 5.74) is 5.76. The number of hydrogen-bond acceptors (Lipinski definition) is 6. The highest BCUT2D eigenvalue weighted by Crippen LogP contribution is 2.38. The molecule has 0 unspecified atom stereocenters. The summed E-state index contributed by atoms with van der Waals surface area (Å²) in [6.45, 7) is 1.95. The topological polar surface area (TPSA) is 77.8 Å². The van der Waals surface area contributed by atoms with Crippen LogP contribution in [-0.4, -0.2) is 15.1 Å². The van der Waals surface area contributed by atoms with E-state index in [2.05, 4.69) is 15.1 Å². The van der Waals surface area contributed by atoms with E-state index >= 15 is 0 Å². The van der Waals surface area contributed by atoms with Gasteiger partial charge in [0.1, 0.15) is 4.88 Å². The summed E-state index contributed by atoms with van der Waals surface area (Å²) in [5.74, 6) is 1.15. The van der Waals surface area contributed by atoms with Crippen LogP contribution in [0.25, 0.3) is 10.8 Å². The van der Waals surface area contributed by atoms with Gasteiger partial charge in [-0.25, -0.2) is 4.98 Å². The molecule has 92 valence electrons. The van der Waals surface area contributed by atoms with E-state index < -0.39 is 0 Å². The van der Waals surface area contributed by atoms with Gasteiger partial charge in [-0.3, -0.25) is 0 Å². The fourth-order valence-corrected chi connectivity index (χ4v) is 2.47. The zero-order valence-electron chi connectivity index (χ0n) is 9.34. The van der Waals surface area contributed by atoms with Crippen LogP contribution in [0.15, 0.2) is 10.7 Å². The van der Waals surface area contributed by atoms with Crippen LogP contribution < -0.4 is 5.73 Å². The van der Waals surface area contributed by atoms with Crippen molar-refractivity contribution >= 4 is 23.7 Å². The standard InChI is InChI=1S/C10H12N4OS.ClH/c1-6-12-5-7(16-6)8-13-9(14-15-8)10(11)3-2-4-10;/h5H,2-4,11H2,1H3;1H. The molecule has 5 nitrogen and oxygen atoms in total. The molecule has 1 fully saturated rings. The van der Waals surface area contributed by atoms with Crippen LogP contribution in [0.3, 0.4) is 0 Å². The second-order valence-electron chi connectivity index (χ2n) is 4.18. The van der Waals surface area contributed by atoms with Gasteiger partial charge in [-0.1, -0.05) is 5.16 Å². The van der Waals surface area contributed by atoms with Crippen molar-refractivity contribution in [2.45, 2.75) is 31.7 Å². The minimum absolute atomic E-state index is 0. The third kappa shape index (κ3) is 2.08. The Hall–Kier alpha value is -0.980. The van der Waals surface area contributed by atoms with Crippen molar-refractivity contribution in [3.63, 3.8) is 0 Å². The summed E-state index contributed by atoms with van der Waals surface area (Å²) in [4.78, 5) is 9.42. The minimum atomic E-state index is -0.360. The largest absolute Gasteiger partial charge is 0.333 e. The molecule has 1 aliphatic rings. The van der Waals surface area contributed by atoms with E-state index in [1.165, 1.54) is 0 Å². The van der Waals surface area contributed by atoms with E-state index in [1.54, 1.807) is 17.5 Å². The van der Waals surface area contributed by atoms with Crippen LogP contribution in [0, 0.1) is 6.92 Å². The highest BCUT2D eigenvalue weighted by atomic mass is 35.5. The third-order valence-electron chi connectivity index (χ3n) is 2.95. The van der Waals surface area contributed by atoms with E-state index in [-0.39, 0.29) is 17.9 Å². The first-order valence-corrected chi connectivity index (χ1v) is 6.05. The zero-order valence-corrected chi connectivity index (χ0v) is 11.0. The lowest BCUT2D eigenvalue weighted by Crippen LogP contribution is -2.44. The Labute approximate surface area is 109 Å². The second kappa shape index (κ2) is 4.36. The highest BCUT2D eigenvalue weighted by molar-refractivity contribution is 7.14. The smallest absolute Gasteiger partial charge is 0.269 e. The third-order valence-corrected chi connectivity index (χ3v) is 3.85. The number of aromatic nitrogens is 3. The Balaban J connectivity index is 0.00000108. The summed E-state index contributed by atoms with van der Waals surface area (Å²) < 4.78 is 5.22. The monoisotopic (exact) mass is 272 g/mol. The van der Waals surface area contributed by atoms with E-state index in [0.717, 1.165) is 29.1 Å². The van der Waals surface area contributed by atoms with Crippen LogP contribution in [0.4, 0.5) is 0 Å². The number of hydrogen-bond donors (Lipinski definition) is 1. The van der Waals surface area contributed by atoms with E-state index in [9.17, 15) is 0 Å². The number of aryl methyl sites for hydroxylation is 1. The van der Waals surface area contributed by atoms with Gasteiger partial charge < -0.3 is 10.3 Å². The van der Waals surface area contributed by atoms with Crippen molar-refractivity contribution in [1.29, 1.82) is 0 Å². The number of halogens is 1. The Bertz CT molecular complexity index is 520. The van der Waals surface area contributed by atoms with Gasteiger partial charge in [0.05, 0.1) is 16.7 Å². The molecule has 0 aliphatic heterocycles. The van der Waals surface area contributed by atoms with E-state index in [0.29, 0.717) is 11.7 Å². The Kier molecular flexibility index (Phi) is 3.20. The molecule has 2 heterocycles. The van der Waals surface area contributed by atoms with Gasteiger partial charge in [-0.05, 0) is 26.2 Å². The first-order valence-electron chi connectivity index (χ1n) is 5.23. The summed E-state index contributed by atoms with van der Waals surface area (Å²) in [5, 5.41) is 4.95. The molecule has 0 atom stereocenters. The van der Waals surface area contributed by atoms with Gasteiger partial charge in [-0.2, -0.15) is 4.98 Å². The van der Waals surface area contributed by atoms with Crippen molar-refractivity contribution in [2.24, 2.45) is 5.73 Å². The lowest BCUT2D eigenvalue weighted by Gasteiger charge is -2.34. The molecule has 3 rings (SSSR count). The van der Waals surface area contributed by atoms with Gasteiger partial charge in [0.2, 0.25) is 0 Å². The molecule has 1 saturated carbocycles. The van der Waals surface area contributed by atoms with Crippen molar-refractivity contribution in [3.8, 4) is 10.8 Å². The van der Waals surface area contributed by atoms with E-state index in [1.807, 2.05) is 6.92 Å². The SMILES string of the molecule is Cc1ncc(-c2nc(C3(N)CCC3)no2)s1.Cl. The Morgan fingerprint density at radius 2 is 2.24 bits per heavy atom. The average molecular weight is 273 g/mol. The molecule has 0 bridgehead atoms. The van der Waals surface area contributed by atoms with Crippen LogP contribution in [-0.2, 0) is 5.54 Å². The Morgan fingerprint density at radius 1 is 1.47 bits per heavy atom. The summed E-state index contributed by atoms with van der Waals surface area (Å²) in [6, 6.07) is 0. The van der Waals surface area contributed by atoms with Crippen molar-refractivity contribution in [3.05, 3.63) is 17.0 Å². The number of nitrogens with zero attached hydrogens (tertiary/aromatic N) is 3. The van der Waals surface area contributed by atoms with Crippen molar-refractivity contribution < 1.29 is 4.52 Å². The lowest BCUT2D eigenvalue weighted by molar-refractivity contribution is 0.229. The predicted molar refractivity (Wildman–Crippen MR) is 67.1 cm³/mol. The molecule has 2 N–H and O–H groups in total. The predicted octanol–water partition coefficient (Wildman–Crippen LogP) is 2.26. The normalized spacial score (nSPS) is 17.3. The first-order chi connectivity index (χ1) is 7.67. The molecular weight excluding hydrogens is 260 g/mol. The second-order valence-corrected chi connectivity index (χ2v) is 5.41. The molecule has 1 aliphatic carbocycles. The fraction of sp³-hybridized carbons (Fsp3) is 0.500. The summed E-state index contributed by atoms with van der Waals surface area (Å²) >= 11 is 1.54. The van der Waals surface area contributed by atoms with Gasteiger partial charge >= 0.3 is 0 Å². The van der Waals surface area contributed by atoms with Crippen LogP contribution in [0.5, 0.6) is 0 Å². The van der Waals surface area contributed by atoms with Gasteiger partial charge in [-0.15, -0.1) is 23.7 Å². The molecule has 17 heavy (non-hydrogen) atoms. The molecule has 2 aromatic rings. The highest BCUT2D eigenvalue weighted by Gasteiger charge is 2.39. The van der Waals surface area contributed by atoms with Crippen molar-refractivity contribution in [1.82, 2.24) is 15.1 Å². The maximum absolute atomic E-state index is 6.12. The molecule has 0 radical (unpaired) electrons. The molecule has 0 amide bonds. The lowest BCUT2D eigenvalue weighted by atomic mass is 9.77. The molecule has 0 aromatic carbocycles. The quantitative estimate of drug-likeness (QED) is 0.907. The maximum Gasteiger partial charge on any atom is 0.269 e. The van der Waals surface area contributed by atoms with Crippen LogP contribution in [0.2, 0.25) is 0 Å². The summed E-state index contributed by atoms with van der Waals surface area (Å²) in [6.07, 6.45) is 4.77. The van der Waals surface area contributed by atoms with Gasteiger partial charge in [0.25, 0.3) is 5.89 Å². The molecule has 7 heteroatoms. The molecule has 0 spiro atoms. The molecule has 0 saturated heterocycles. The fourth-order valence-electron chi connectivity index (χ4n) is 1.77. The number of thiazole rings is 1. The van der Waals surface area contributed by atoms with Crippen molar-refractivity contribution in [2.75, 3.05) is 0 Å². The van der Waals surface area contributed by atoms with Gasteiger partial charge in [0.15, 0.2) is 5.82 Å². The maximum atomic E-state index is 6.12. The minimum Gasteiger partial charge on any atom is -0.333 e. The average Bonchev–Trinajstić information content (AvgIpc) is 2.82. The molecular formula is C10H13ClN4OS. The first kappa shape index (κ1) is 12.5. The van der Waals surface area contributed by atoms with Gasteiger partial charge in [0, 0.05) is 0 Å². The number of rotatable bonds is 2.